The molecule has 5 aromatic rings. The number of amides is 1. The summed E-state index contributed by atoms with van der Waals surface area (Å²) >= 11 is 1.48. The molecule has 0 saturated carbocycles. The fourth-order valence-corrected chi connectivity index (χ4v) is 4.48. The van der Waals surface area contributed by atoms with Gasteiger partial charge in [-0.3, -0.25) is 4.79 Å². The molecule has 1 amide bonds. The Morgan fingerprint density at radius 1 is 1.00 bits per heavy atom. The minimum Gasteiger partial charge on any atom is -0.451 e. The van der Waals surface area contributed by atoms with Gasteiger partial charge < -0.3 is 14.7 Å². The van der Waals surface area contributed by atoms with Crippen LogP contribution in [0.4, 0.5) is 0 Å². The number of aromatic nitrogens is 3. The Morgan fingerprint density at radius 3 is 2.65 bits per heavy atom. The summed E-state index contributed by atoms with van der Waals surface area (Å²) in [6.45, 7) is 0.520. The lowest BCUT2D eigenvalue weighted by Gasteiger charge is -2.05. The smallest absolute Gasteiger partial charge is 0.287 e. The number of aromatic amines is 1. The van der Waals surface area contributed by atoms with Gasteiger partial charge in [0, 0.05) is 52.7 Å². The van der Waals surface area contributed by atoms with Gasteiger partial charge in [0.2, 0.25) is 0 Å². The maximum Gasteiger partial charge on any atom is 0.287 e. The zero-order chi connectivity index (χ0) is 21.0. The van der Waals surface area contributed by atoms with Gasteiger partial charge in [0.05, 0.1) is 0 Å². The molecule has 0 radical (unpaired) electrons. The zero-order valence-electron chi connectivity index (χ0n) is 16.7. The molecule has 3 aromatic heterocycles. The van der Waals surface area contributed by atoms with Gasteiger partial charge in [-0.2, -0.15) is 0 Å². The van der Waals surface area contributed by atoms with Crippen molar-refractivity contribution in [3.05, 3.63) is 90.1 Å². The van der Waals surface area contributed by atoms with E-state index in [1.54, 1.807) is 18.5 Å². The first-order valence-corrected chi connectivity index (χ1v) is 11.0. The molecule has 3 heterocycles. The Hall–Kier alpha value is -3.58. The number of thioether (sulfide) groups is 1. The van der Waals surface area contributed by atoms with Crippen molar-refractivity contribution in [2.24, 2.45) is 0 Å². The number of furan rings is 1. The molecule has 0 atom stereocenters. The molecular weight excluding hydrogens is 408 g/mol. The van der Waals surface area contributed by atoms with Crippen LogP contribution in [-0.4, -0.2) is 27.4 Å². The SMILES string of the molecule is O=C(NCCc1c[nH]c2ccccc12)c1oc2ccccc2c1CSc1ncccn1. The van der Waals surface area contributed by atoms with Gasteiger partial charge in [0.15, 0.2) is 10.9 Å². The van der Waals surface area contributed by atoms with Gasteiger partial charge in [-0.25, -0.2) is 9.97 Å². The summed E-state index contributed by atoms with van der Waals surface area (Å²) in [5.74, 6) is 0.691. The second-order valence-corrected chi connectivity index (χ2v) is 8.03. The number of carbonyl (C=O) groups is 1. The van der Waals surface area contributed by atoms with Crippen LogP contribution in [0.2, 0.25) is 0 Å². The summed E-state index contributed by atoms with van der Waals surface area (Å²) in [5, 5.41) is 5.80. The van der Waals surface area contributed by atoms with Crippen LogP contribution in [0.1, 0.15) is 21.7 Å². The first-order chi connectivity index (χ1) is 15.3. The molecule has 0 saturated heterocycles. The zero-order valence-corrected chi connectivity index (χ0v) is 17.5. The fraction of sp³-hybridized carbons (Fsp3) is 0.125. The maximum atomic E-state index is 13.0. The van der Waals surface area contributed by atoms with E-state index in [4.69, 9.17) is 4.42 Å². The lowest BCUT2D eigenvalue weighted by Crippen LogP contribution is -2.26. The van der Waals surface area contributed by atoms with Gasteiger partial charge in [-0.05, 0) is 30.2 Å². The van der Waals surface area contributed by atoms with Gasteiger partial charge in [-0.15, -0.1) is 0 Å². The quantitative estimate of drug-likeness (QED) is 0.282. The molecule has 0 aliphatic carbocycles. The summed E-state index contributed by atoms with van der Waals surface area (Å²) in [7, 11) is 0. The van der Waals surface area contributed by atoms with Crippen LogP contribution in [0.25, 0.3) is 21.9 Å². The predicted octanol–water partition coefficient (Wildman–Crippen LogP) is 4.97. The van der Waals surface area contributed by atoms with Crippen molar-refractivity contribution in [2.45, 2.75) is 17.3 Å². The van der Waals surface area contributed by atoms with Crippen LogP contribution in [-0.2, 0) is 12.2 Å². The number of H-pyrrole nitrogens is 1. The summed E-state index contributed by atoms with van der Waals surface area (Å²) in [4.78, 5) is 24.8. The lowest BCUT2D eigenvalue weighted by atomic mass is 10.1. The minimum atomic E-state index is -0.208. The monoisotopic (exact) mass is 428 g/mol. The maximum absolute atomic E-state index is 13.0. The van der Waals surface area contributed by atoms with Crippen LogP contribution in [0.5, 0.6) is 0 Å². The molecule has 0 aliphatic rings. The summed E-state index contributed by atoms with van der Waals surface area (Å²) in [5.41, 5.74) is 3.84. The Morgan fingerprint density at radius 2 is 1.77 bits per heavy atom. The molecule has 0 bridgehead atoms. The normalized spacial score (nSPS) is 11.2. The number of benzene rings is 2. The van der Waals surface area contributed by atoms with Crippen LogP contribution in [0.3, 0.4) is 0 Å². The highest BCUT2D eigenvalue weighted by atomic mass is 32.2. The Balaban J connectivity index is 1.33. The van der Waals surface area contributed by atoms with Crippen LogP contribution >= 0.6 is 11.8 Å². The number of para-hydroxylation sites is 2. The number of nitrogens with one attached hydrogen (secondary N) is 2. The van der Waals surface area contributed by atoms with Crippen molar-refractivity contribution < 1.29 is 9.21 Å². The third-order valence-corrected chi connectivity index (χ3v) is 6.05. The largest absolute Gasteiger partial charge is 0.451 e. The molecule has 0 spiro atoms. The van der Waals surface area contributed by atoms with E-state index in [9.17, 15) is 4.79 Å². The Bertz CT molecular complexity index is 1340. The molecule has 2 N–H and O–H groups in total. The van der Waals surface area contributed by atoms with E-state index in [-0.39, 0.29) is 5.91 Å². The fourth-order valence-electron chi connectivity index (χ4n) is 3.65. The molecule has 0 unspecified atom stereocenters. The first kappa shape index (κ1) is 19.4. The van der Waals surface area contributed by atoms with Gasteiger partial charge >= 0.3 is 0 Å². The minimum absolute atomic E-state index is 0.208. The van der Waals surface area contributed by atoms with E-state index < -0.39 is 0 Å². The number of hydrogen-bond acceptors (Lipinski definition) is 5. The van der Waals surface area contributed by atoms with E-state index in [0.29, 0.717) is 28.8 Å². The highest BCUT2D eigenvalue weighted by Gasteiger charge is 2.20. The summed E-state index contributed by atoms with van der Waals surface area (Å²) in [6.07, 6.45) is 6.15. The van der Waals surface area contributed by atoms with Gasteiger partial charge in [-0.1, -0.05) is 48.2 Å². The average molecular weight is 429 g/mol. The molecule has 2 aromatic carbocycles. The Kier molecular flexibility index (Phi) is 5.41. The van der Waals surface area contributed by atoms with Gasteiger partial charge in [0.25, 0.3) is 5.91 Å². The van der Waals surface area contributed by atoms with E-state index in [0.717, 1.165) is 22.9 Å². The molecule has 0 aliphatic heterocycles. The van der Waals surface area contributed by atoms with E-state index in [1.807, 2.05) is 48.7 Å². The van der Waals surface area contributed by atoms with Crippen LogP contribution < -0.4 is 5.32 Å². The number of hydrogen-bond donors (Lipinski definition) is 2. The third-order valence-electron chi connectivity index (χ3n) is 5.15. The standard InChI is InChI=1S/C24H20N4O2S/c29-23(25-13-10-16-14-28-20-8-3-1-6-17(16)20)22-19(15-31-24-26-11-5-12-27-24)18-7-2-4-9-21(18)30-22/h1-9,11-12,14,28H,10,13,15H2,(H,25,29). The van der Waals surface area contributed by atoms with Crippen molar-refractivity contribution in [3.8, 4) is 0 Å². The second kappa shape index (κ2) is 8.65. The van der Waals surface area contributed by atoms with Crippen molar-refractivity contribution >= 4 is 39.5 Å². The molecule has 6 nitrogen and oxygen atoms in total. The average Bonchev–Trinajstić information content (AvgIpc) is 3.40. The van der Waals surface area contributed by atoms with Crippen molar-refractivity contribution in [1.29, 1.82) is 0 Å². The van der Waals surface area contributed by atoms with Crippen molar-refractivity contribution in [1.82, 2.24) is 20.3 Å². The van der Waals surface area contributed by atoms with Crippen molar-refractivity contribution in [2.75, 3.05) is 6.54 Å². The van der Waals surface area contributed by atoms with Crippen LogP contribution in [0.15, 0.2) is 82.8 Å². The predicted molar refractivity (Wildman–Crippen MR) is 122 cm³/mol. The number of nitrogens with zero attached hydrogens (tertiary/aromatic N) is 2. The van der Waals surface area contributed by atoms with Crippen molar-refractivity contribution in [3.63, 3.8) is 0 Å². The van der Waals surface area contributed by atoms with Crippen LogP contribution in [0, 0.1) is 0 Å². The molecule has 154 valence electrons. The van der Waals surface area contributed by atoms with E-state index in [2.05, 4.69) is 26.3 Å². The van der Waals surface area contributed by atoms with Gasteiger partial charge in [0.1, 0.15) is 5.58 Å². The number of fused-ring (bicyclic) bond motifs is 2. The third kappa shape index (κ3) is 4.04. The highest BCUT2D eigenvalue weighted by molar-refractivity contribution is 7.98. The summed E-state index contributed by atoms with van der Waals surface area (Å²) < 4.78 is 5.94. The highest BCUT2D eigenvalue weighted by Crippen LogP contribution is 2.31. The molecule has 0 fully saturated rings. The molecule has 31 heavy (non-hydrogen) atoms. The molecule has 5 rings (SSSR count). The molecular formula is C24H20N4O2S. The topological polar surface area (TPSA) is 83.8 Å². The number of rotatable bonds is 7. The second-order valence-electron chi connectivity index (χ2n) is 7.09. The number of carbonyl (C=O) groups excluding carboxylic acids is 1. The first-order valence-electron chi connectivity index (χ1n) is 10.0. The van der Waals surface area contributed by atoms with E-state index in [1.165, 1.54) is 22.7 Å². The summed E-state index contributed by atoms with van der Waals surface area (Å²) in [6, 6.07) is 17.7. The lowest BCUT2D eigenvalue weighted by molar-refractivity contribution is 0.0927. The Labute approximate surface area is 183 Å². The van der Waals surface area contributed by atoms with E-state index >= 15 is 0 Å². The molecule has 7 heteroatoms.